The minimum absolute atomic E-state index is 0.538. The SMILES string of the molecule is c1cc(-c2cccc3c4ccccc4n(-c4cccc(C5CCCCC5)n4)c23)cc(-c2cccc3c4ccccc4n(-c4cccc(C5CCCCC5)n4)c23)c1. The molecule has 4 aromatic heterocycles. The lowest BCUT2D eigenvalue weighted by Gasteiger charge is -2.22. The van der Waals surface area contributed by atoms with Gasteiger partial charge in [0.25, 0.3) is 0 Å². The van der Waals surface area contributed by atoms with Crippen LogP contribution in [0.2, 0.25) is 0 Å². The number of aromatic nitrogens is 4. The Kier molecular flexibility index (Phi) is 8.30. The van der Waals surface area contributed by atoms with Crippen LogP contribution < -0.4 is 0 Å². The summed E-state index contributed by atoms with van der Waals surface area (Å²) in [7, 11) is 0. The lowest BCUT2D eigenvalue weighted by molar-refractivity contribution is 0.436. The number of hydrogen-bond acceptors (Lipinski definition) is 2. The van der Waals surface area contributed by atoms with Gasteiger partial charge in [-0.05, 0) is 79.3 Å². The molecule has 2 aliphatic carbocycles. The molecule has 2 aliphatic rings. The van der Waals surface area contributed by atoms with Gasteiger partial charge < -0.3 is 0 Å². The van der Waals surface area contributed by atoms with Crippen LogP contribution >= 0.6 is 0 Å². The van der Waals surface area contributed by atoms with Gasteiger partial charge in [-0.3, -0.25) is 9.13 Å². The highest BCUT2D eigenvalue weighted by atomic mass is 15.1. The lowest BCUT2D eigenvalue weighted by Crippen LogP contribution is -2.08. The monoisotopic (exact) mass is 726 g/mol. The van der Waals surface area contributed by atoms with E-state index in [-0.39, 0.29) is 0 Å². The molecule has 0 saturated heterocycles. The van der Waals surface area contributed by atoms with Gasteiger partial charge in [0.15, 0.2) is 0 Å². The van der Waals surface area contributed by atoms with E-state index in [0.29, 0.717) is 11.8 Å². The predicted molar refractivity (Wildman–Crippen MR) is 233 cm³/mol. The number of rotatable bonds is 6. The van der Waals surface area contributed by atoms with Crippen molar-refractivity contribution in [3.8, 4) is 33.9 Å². The highest BCUT2D eigenvalue weighted by molar-refractivity contribution is 6.15. The van der Waals surface area contributed by atoms with Gasteiger partial charge in [0.2, 0.25) is 0 Å². The second-order valence-electron chi connectivity index (χ2n) is 16.2. The van der Waals surface area contributed by atoms with E-state index in [1.165, 1.54) is 141 Å². The van der Waals surface area contributed by atoms with Gasteiger partial charge in [0, 0.05) is 55.9 Å². The molecule has 56 heavy (non-hydrogen) atoms. The van der Waals surface area contributed by atoms with E-state index in [2.05, 4.69) is 155 Å². The van der Waals surface area contributed by atoms with Gasteiger partial charge in [0.05, 0.1) is 22.1 Å². The van der Waals surface area contributed by atoms with E-state index in [9.17, 15) is 0 Å². The van der Waals surface area contributed by atoms with Crippen LogP contribution in [-0.4, -0.2) is 19.1 Å². The average Bonchev–Trinajstić information content (AvgIpc) is 3.81. The molecule has 0 unspecified atom stereocenters. The molecule has 2 saturated carbocycles. The van der Waals surface area contributed by atoms with Crippen LogP contribution in [0.25, 0.3) is 77.5 Å². The van der Waals surface area contributed by atoms with Crippen molar-refractivity contribution < 1.29 is 0 Å². The Bertz CT molecular complexity index is 2700. The first kappa shape index (κ1) is 33.3. The molecule has 11 rings (SSSR count). The molecule has 0 spiro atoms. The van der Waals surface area contributed by atoms with Crippen molar-refractivity contribution in [2.24, 2.45) is 0 Å². The van der Waals surface area contributed by atoms with Crippen LogP contribution in [-0.2, 0) is 0 Å². The van der Waals surface area contributed by atoms with E-state index in [1.54, 1.807) is 0 Å². The van der Waals surface area contributed by atoms with E-state index < -0.39 is 0 Å². The average molecular weight is 727 g/mol. The van der Waals surface area contributed by atoms with Gasteiger partial charge in [0.1, 0.15) is 11.6 Å². The highest BCUT2D eigenvalue weighted by Gasteiger charge is 2.23. The number of nitrogens with zero attached hydrogens (tertiary/aromatic N) is 4. The third-order valence-electron chi connectivity index (χ3n) is 12.9. The summed E-state index contributed by atoms with van der Waals surface area (Å²) in [6.45, 7) is 0. The summed E-state index contributed by atoms with van der Waals surface area (Å²) >= 11 is 0. The molecular weight excluding hydrogens is 681 g/mol. The minimum Gasteiger partial charge on any atom is -0.293 e. The Hall–Kier alpha value is -6.00. The fourth-order valence-electron chi connectivity index (χ4n) is 10.2. The van der Waals surface area contributed by atoms with Crippen LogP contribution in [0.1, 0.15) is 87.4 Å². The van der Waals surface area contributed by atoms with Crippen LogP contribution in [0.3, 0.4) is 0 Å². The molecule has 0 N–H and O–H groups in total. The lowest BCUT2D eigenvalue weighted by atomic mass is 9.87. The van der Waals surface area contributed by atoms with E-state index in [1.807, 2.05) is 0 Å². The molecule has 9 aromatic rings. The number of hydrogen-bond donors (Lipinski definition) is 0. The van der Waals surface area contributed by atoms with Gasteiger partial charge in [-0.25, -0.2) is 9.97 Å². The van der Waals surface area contributed by atoms with Crippen molar-refractivity contribution in [3.05, 3.63) is 157 Å². The van der Waals surface area contributed by atoms with Crippen LogP contribution in [0.5, 0.6) is 0 Å². The predicted octanol–water partition coefficient (Wildman–Crippen LogP) is 14.1. The van der Waals surface area contributed by atoms with E-state index in [0.717, 1.165) is 11.6 Å². The normalized spacial score (nSPS) is 15.7. The third kappa shape index (κ3) is 5.57. The summed E-state index contributed by atoms with van der Waals surface area (Å²) in [4.78, 5) is 10.8. The molecule has 0 radical (unpaired) electrons. The summed E-state index contributed by atoms with van der Waals surface area (Å²) in [6, 6.07) is 53.7. The second kappa shape index (κ2) is 13.9. The van der Waals surface area contributed by atoms with Crippen molar-refractivity contribution in [3.63, 3.8) is 0 Å². The number of benzene rings is 5. The first-order valence-electron chi connectivity index (χ1n) is 20.9. The minimum atomic E-state index is 0.538. The summed E-state index contributed by atoms with van der Waals surface area (Å²) in [5.41, 5.74) is 12.1. The fourth-order valence-corrected chi connectivity index (χ4v) is 10.2. The molecule has 274 valence electrons. The van der Waals surface area contributed by atoms with Crippen LogP contribution in [0.4, 0.5) is 0 Å². The second-order valence-corrected chi connectivity index (χ2v) is 16.2. The molecule has 4 nitrogen and oxygen atoms in total. The van der Waals surface area contributed by atoms with E-state index >= 15 is 0 Å². The number of para-hydroxylation sites is 4. The van der Waals surface area contributed by atoms with Crippen molar-refractivity contribution in [2.45, 2.75) is 76.0 Å². The zero-order chi connectivity index (χ0) is 37.0. The van der Waals surface area contributed by atoms with Crippen molar-refractivity contribution in [1.82, 2.24) is 19.1 Å². The Morgan fingerprint density at radius 2 is 0.786 bits per heavy atom. The Labute approximate surface area is 328 Å². The maximum Gasteiger partial charge on any atom is 0.137 e. The molecule has 0 bridgehead atoms. The summed E-state index contributed by atoms with van der Waals surface area (Å²) in [5.74, 6) is 3.08. The fraction of sp³-hybridized carbons (Fsp3) is 0.231. The molecule has 4 heterocycles. The summed E-state index contributed by atoms with van der Waals surface area (Å²) in [5, 5.41) is 5.00. The Morgan fingerprint density at radius 1 is 0.375 bits per heavy atom. The van der Waals surface area contributed by atoms with Crippen molar-refractivity contribution in [2.75, 3.05) is 0 Å². The molecule has 0 amide bonds. The Balaban J connectivity index is 1.10. The molecule has 0 atom stereocenters. The zero-order valence-corrected chi connectivity index (χ0v) is 31.9. The maximum absolute atomic E-state index is 5.42. The highest BCUT2D eigenvalue weighted by Crippen LogP contribution is 2.42. The topological polar surface area (TPSA) is 35.6 Å². The first-order chi connectivity index (χ1) is 27.8. The van der Waals surface area contributed by atoms with Crippen LogP contribution in [0, 0.1) is 0 Å². The van der Waals surface area contributed by atoms with Gasteiger partial charge in [-0.2, -0.15) is 0 Å². The van der Waals surface area contributed by atoms with Gasteiger partial charge >= 0.3 is 0 Å². The third-order valence-corrected chi connectivity index (χ3v) is 12.9. The smallest absolute Gasteiger partial charge is 0.137 e. The van der Waals surface area contributed by atoms with Gasteiger partial charge in [-0.1, -0.05) is 142 Å². The van der Waals surface area contributed by atoms with Crippen molar-refractivity contribution >= 4 is 43.6 Å². The molecule has 0 aliphatic heterocycles. The maximum atomic E-state index is 5.42. The molecular formula is C52H46N4. The summed E-state index contributed by atoms with van der Waals surface area (Å²) in [6.07, 6.45) is 12.8. The molecule has 4 heteroatoms. The molecule has 2 fully saturated rings. The standard InChI is InChI=1S/C52H46N4/c1-3-16-35(17-4-1)45-28-14-32-49(53-45)55-47-30-9-7-22-41(47)43-26-12-24-39(51(43)55)37-20-11-21-38(34-37)40-25-13-27-44-42-23-8-10-31-48(42)56(52(40)44)50-33-15-29-46(54-50)36-18-5-2-6-19-36/h7-15,20-36H,1-6,16-19H2. The zero-order valence-electron chi connectivity index (χ0n) is 31.9. The number of pyridine rings is 2. The van der Waals surface area contributed by atoms with Crippen molar-refractivity contribution in [1.29, 1.82) is 0 Å². The van der Waals surface area contributed by atoms with Gasteiger partial charge in [-0.15, -0.1) is 0 Å². The van der Waals surface area contributed by atoms with Crippen LogP contribution in [0.15, 0.2) is 146 Å². The molecule has 5 aromatic carbocycles. The first-order valence-corrected chi connectivity index (χ1v) is 20.9. The number of fused-ring (bicyclic) bond motifs is 6. The van der Waals surface area contributed by atoms with E-state index in [4.69, 9.17) is 9.97 Å². The summed E-state index contributed by atoms with van der Waals surface area (Å²) < 4.78 is 4.84. The Morgan fingerprint density at radius 3 is 1.27 bits per heavy atom. The quantitative estimate of drug-likeness (QED) is 0.171. The largest absolute Gasteiger partial charge is 0.293 e.